The molecule has 27 heavy (non-hydrogen) atoms. The highest BCUT2D eigenvalue weighted by Gasteiger charge is 2.32. The Morgan fingerprint density at radius 3 is 2.78 bits per heavy atom. The average molecular weight is 366 g/mol. The van der Waals surface area contributed by atoms with E-state index in [2.05, 4.69) is 15.4 Å². The van der Waals surface area contributed by atoms with Gasteiger partial charge in [-0.25, -0.2) is 4.98 Å². The monoisotopic (exact) mass is 366 g/mol. The first-order chi connectivity index (χ1) is 12.9. The fraction of sp³-hybridized carbons (Fsp3) is 0.368. The van der Waals surface area contributed by atoms with Gasteiger partial charge in [0.25, 0.3) is 5.91 Å². The minimum Gasteiger partial charge on any atom is -0.336 e. The zero-order valence-corrected chi connectivity index (χ0v) is 15.6. The predicted molar refractivity (Wildman–Crippen MR) is 101 cm³/mol. The fourth-order valence-corrected chi connectivity index (χ4v) is 3.38. The van der Waals surface area contributed by atoms with Crippen LogP contribution in [0.1, 0.15) is 28.2 Å². The second-order valence-electron chi connectivity index (χ2n) is 7.09. The van der Waals surface area contributed by atoms with Crippen LogP contribution < -0.4 is 5.32 Å². The Morgan fingerprint density at radius 1 is 1.22 bits per heavy atom. The summed E-state index contributed by atoms with van der Waals surface area (Å²) in [6, 6.07) is 3.86. The van der Waals surface area contributed by atoms with Crippen molar-refractivity contribution in [2.75, 3.05) is 18.4 Å². The SMILES string of the molecule is Cc1ccc2nc(C(=O)N3CCC(C(=O)Nc4cnn(C)c4C)C3)cn2c1. The van der Waals surface area contributed by atoms with Crippen LogP contribution in [0.2, 0.25) is 0 Å². The van der Waals surface area contributed by atoms with Gasteiger partial charge in [-0.2, -0.15) is 5.10 Å². The normalized spacial score (nSPS) is 16.9. The number of carbonyl (C=O) groups excluding carboxylic acids is 2. The van der Waals surface area contributed by atoms with Gasteiger partial charge in [0.1, 0.15) is 11.3 Å². The van der Waals surface area contributed by atoms with Gasteiger partial charge in [-0.05, 0) is 31.9 Å². The number of aromatic nitrogens is 4. The second kappa shape index (κ2) is 6.53. The number of aryl methyl sites for hydroxylation is 2. The number of likely N-dealkylation sites (tertiary alicyclic amines) is 1. The highest BCUT2D eigenvalue weighted by Crippen LogP contribution is 2.22. The summed E-state index contributed by atoms with van der Waals surface area (Å²) in [4.78, 5) is 31.5. The van der Waals surface area contributed by atoms with Crippen LogP contribution in [0.3, 0.4) is 0 Å². The Morgan fingerprint density at radius 2 is 2.04 bits per heavy atom. The Labute approximate surface area is 156 Å². The lowest BCUT2D eigenvalue weighted by Crippen LogP contribution is -2.31. The van der Waals surface area contributed by atoms with Gasteiger partial charge in [-0.1, -0.05) is 6.07 Å². The molecule has 1 fully saturated rings. The molecule has 0 saturated carbocycles. The van der Waals surface area contributed by atoms with Crippen LogP contribution >= 0.6 is 0 Å². The molecule has 0 bridgehead atoms. The third kappa shape index (κ3) is 3.18. The first-order valence-electron chi connectivity index (χ1n) is 8.96. The standard InChI is InChI=1S/C19H22N6O2/c1-12-4-5-17-21-16(11-25(17)9-12)19(27)24-7-6-14(10-24)18(26)22-15-8-20-23(3)13(15)2/h4-5,8-9,11,14H,6-7,10H2,1-3H3,(H,22,26). The van der Waals surface area contributed by atoms with Crippen LogP contribution in [0.15, 0.2) is 30.7 Å². The first-order valence-corrected chi connectivity index (χ1v) is 8.96. The number of carbonyl (C=O) groups is 2. The quantitative estimate of drug-likeness (QED) is 0.766. The van der Waals surface area contributed by atoms with Crippen molar-refractivity contribution in [3.8, 4) is 0 Å². The molecule has 0 aromatic carbocycles. The van der Waals surface area contributed by atoms with Gasteiger partial charge in [-0.15, -0.1) is 0 Å². The number of amides is 2. The molecule has 4 rings (SSSR count). The predicted octanol–water partition coefficient (Wildman–Crippen LogP) is 1.79. The summed E-state index contributed by atoms with van der Waals surface area (Å²) in [7, 11) is 1.83. The van der Waals surface area contributed by atoms with Crippen molar-refractivity contribution in [2.45, 2.75) is 20.3 Å². The number of hydrogen-bond acceptors (Lipinski definition) is 4. The van der Waals surface area contributed by atoms with Gasteiger partial charge in [0, 0.05) is 32.5 Å². The zero-order valence-electron chi connectivity index (χ0n) is 15.6. The summed E-state index contributed by atoms with van der Waals surface area (Å²) < 4.78 is 3.57. The van der Waals surface area contributed by atoms with Crippen molar-refractivity contribution in [1.29, 1.82) is 0 Å². The van der Waals surface area contributed by atoms with Gasteiger partial charge in [0.05, 0.1) is 23.5 Å². The van der Waals surface area contributed by atoms with Crippen LogP contribution in [0.25, 0.3) is 5.65 Å². The molecule has 8 nitrogen and oxygen atoms in total. The third-order valence-electron chi connectivity index (χ3n) is 5.16. The van der Waals surface area contributed by atoms with E-state index in [1.54, 1.807) is 22.0 Å². The van der Waals surface area contributed by atoms with E-state index in [1.807, 2.05) is 43.6 Å². The molecule has 1 aliphatic rings. The Hall–Kier alpha value is -3.16. The van der Waals surface area contributed by atoms with E-state index in [-0.39, 0.29) is 17.7 Å². The molecular weight excluding hydrogens is 344 g/mol. The summed E-state index contributed by atoms with van der Waals surface area (Å²) in [6.07, 6.45) is 5.97. The maximum Gasteiger partial charge on any atom is 0.274 e. The smallest absolute Gasteiger partial charge is 0.274 e. The van der Waals surface area contributed by atoms with Crippen molar-refractivity contribution >= 4 is 23.1 Å². The summed E-state index contributed by atoms with van der Waals surface area (Å²) >= 11 is 0. The fourth-order valence-electron chi connectivity index (χ4n) is 3.38. The molecule has 140 valence electrons. The van der Waals surface area contributed by atoms with Gasteiger partial charge in [0.15, 0.2) is 0 Å². The number of nitrogens with zero attached hydrogens (tertiary/aromatic N) is 5. The molecule has 0 aliphatic carbocycles. The summed E-state index contributed by atoms with van der Waals surface area (Å²) in [5.41, 5.74) is 3.86. The summed E-state index contributed by atoms with van der Waals surface area (Å²) in [6.45, 7) is 4.85. The van der Waals surface area contributed by atoms with Crippen molar-refractivity contribution < 1.29 is 9.59 Å². The number of rotatable bonds is 3. The number of hydrogen-bond donors (Lipinski definition) is 1. The topological polar surface area (TPSA) is 84.5 Å². The largest absolute Gasteiger partial charge is 0.336 e. The molecule has 0 radical (unpaired) electrons. The van der Waals surface area contributed by atoms with Crippen molar-refractivity contribution in [3.05, 3.63) is 47.7 Å². The summed E-state index contributed by atoms with van der Waals surface area (Å²) in [5.74, 6) is -0.441. The van der Waals surface area contributed by atoms with Gasteiger partial charge in [-0.3, -0.25) is 14.3 Å². The molecule has 1 atom stereocenters. The molecule has 1 aliphatic heterocycles. The molecular formula is C19H22N6O2. The number of fused-ring (bicyclic) bond motifs is 1. The van der Waals surface area contributed by atoms with E-state index < -0.39 is 0 Å². The third-order valence-corrected chi connectivity index (χ3v) is 5.16. The van der Waals surface area contributed by atoms with Crippen molar-refractivity contribution in [1.82, 2.24) is 24.1 Å². The zero-order chi connectivity index (χ0) is 19.1. The lowest BCUT2D eigenvalue weighted by molar-refractivity contribution is -0.119. The minimum atomic E-state index is -0.229. The second-order valence-corrected chi connectivity index (χ2v) is 7.09. The highest BCUT2D eigenvalue weighted by molar-refractivity contribution is 5.96. The molecule has 1 saturated heterocycles. The molecule has 4 heterocycles. The van der Waals surface area contributed by atoms with E-state index in [1.165, 1.54) is 0 Å². The molecule has 0 spiro atoms. The first kappa shape index (κ1) is 17.3. The van der Waals surface area contributed by atoms with Crippen LogP contribution in [-0.4, -0.2) is 49.0 Å². The van der Waals surface area contributed by atoms with E-state index in [4.69, 9.17) is 0 Å². The van der Waals surface area contributed by atoms with Crippen molar-refractivity contribution in [2.24, 2.45) is 13.0 Å². The van der Waals surface area contributed by atoms with E-state index >= 15 is 0 Å². The Balaban J connectivity index is 1.44. The summed E-state index contributed by atoms with van der Waals surface area (Å²) in [5, 5.41) is 7.05. The molecule has 1 unspecified atom stereocenters. The Bertz CT molecular complexity index is 1030. The molecule has 3 aromatic rings. The maximum absolute atomic E-state index is 12.8. The van der Waals surface area contributed by atoms with E-state index in [0.717, 1.165) is 16.9 Å². The van der Waals surface area contributed by atoms with Crippen molar-refractivity contribution in [3.63, 3.8) is 0 Å². The number of anilines is 1. The van der Waals surface area contributed by atoms with Crippen LogP contribution in [-0.2, 0) is 11.8 Å². The number of nitrogens with one attached hydrogen (secondary N) is 1. The Kier molecular flexibility index (Phi) is 4.18. The van der Waals surface area contributed by atoms with E-state index in [9.17, 15) is 9.59 Å². The molecule has 1 N–H and O–H groups in total. The highest BCUT2D eigenvalue weighted by atomic mass is 16.2. The lowest BCUT2D eigenvalue weighted by Gasteiger charge is -2.15. The maximum atomic E-state index is 12.8. The van der Waals surface area contributed by atoms with Gasteiger partial charge < -0.3 is 14.6 Å². The number of pyridine rings is 1. The average Bonchev–Trinajstić information content (AvgIpc) is 3.36. The molecule has 3 aromatic heterocycles. The molecule has 8 heteroatoms. The van der Waals surface area contributed by atoms with Crippen LogP contribution in [0.5, 0.6) is 0 Å². The lowest BCUT2D eigenvalue weighted by atomic mass is 10.1. The molecule has 2 amide bonds. The number of imidazole rings is 1. The van der Waals surface area contributed by atoms with Gasteiger partial charge in [0.2, 0.25) is 5.91 Å². The minimum absolute atomic E-state index is 0.0768. The van der Waals surface area contributed by atoms with Crippen LogP contribution in [0, 0.1) is 19.8 Å². The van der Waals surface area contributed by atoms with E-state index in [0.29, 0.717) is 30.9 Å². The van der Waals surface area contributed by atoms with Crippen LogP contribution in [0.4, 0.5) is 5.69 Å². The van der Waals surface area contributed by atoms with Gasteiger partial charge >= 0.3 is 0 Å².